The Bertz CT molecular complexity index is 366. The average Bonchev–Trinajstić information content (AvgIpc) is 2.45. The zero-order chi connectivity index (χ0) is 13.9. The molecule has 0 fully saturated rings. The van der Waals surface area contributed by atoms with E-state index in [4.69, 9.17) is 9.84 Å². The first kappa shape index (κ1) is 15.7. The van der Waals surface area contributed by atoms with E-state index in [9.17, 15) is 0 Å². The topological polar surface area (TPSA) is 41.5 Å². The van der Waals surface area contributed by atoms with Crippen LogP contribution in [0, 0.1) is 5.92 Å². The molecule has 0 amide bonds. The lowest BCUT2D eigenvalue weighted by Gasteiger charge is -2.15. The van der Waals surface area contributed by atoms with Gasteiger partial charge in [0.15, 0.2) is 0 Å². The molecular weight excluding hydrogens is 238 g/mol. The summed E-state index contributed by atoms with van der Waals surface area (Å²) in [7, 11) is 0. The Morgan fingerprint density at radius 3 is 2.89 bits per heavy atom. The molecule has 0 spiro atoms. The van der Waals surface area contributed by atoms with Crippen LogP contribution in [0.1, 0.15) is 25.3 Å². The summed E-state index contributed by atoms with van der Waals surface area (Å²) in [6.45, 7) is 8.31. The van der Waals surface area contributed by atoms with Crippen LogP contribution in [-0.4, -0.2) is 24.9 Å². The van der Waals surface area contributed by atoms with Gasteiger partial charge in [0, 0.05) is 18.7 Å². The normalized spacial score (nSPS) is 12.1. The number of para-hydroxylation sites is 1. The Morgan fingerprint density at radius 1 is 1.42 bits per heavy atom. The van der Waals surface area contributed by atoms with Gasteiger partial charge in [-0.3, -0.25) is 0 Å². The quantitative estimate of drug-likeness (QED) is 0.638. The first-order valence-electron chi connectivity index (χ1n) is 6.95. The fourth-order valence-corrected chi connectivity index (χ4v) is 1.98. The number of nitrogens with one attached hydrogen (secondary N) is 1. The molecule has 0 aromatic heterocycles. The Balaban J connectivity index is 2.45. The number of hydrogen-bond donors (Lipinski definition) is 2. The molecule has 0 aliphatic carbocycles. The molecule has 0 aliphatic rings. The molecule has 0 aliphatic heterocycles. The van der Waals surface area contributed by atoms with Crippen molar-refractivity contribution in [3.63, 3.8) is 0 Å². The van der Waals surface area contributed by atoms with E-state index in [1.807, 2.05) is 18.2 Å². The molecule has 106 valence electrons. The molecule has 0 saturated heterocycles. The first-order valence-corrected chi connectivity index (χ1v) is 6.95. The van der Waals surface area contributed by atoms with Crippen LogP contribution in [0.5, 0.6) is 5.75 Å². The Morgan fingerprint density at radius 2 is 2.21 bits per heavy atom. The van der Waals surface area contributed by atoms with E-state index < -0.39 is 0 Å². The van der Waals surface area contributed by atoms with E-state index in [0.717, 1.165) is 37.2 Å². The van der Waals surface area contributed by atoms with Crippen molar-refractivity contribution in [2.75, 3.05) is 19.8 Å². The number of hydrogen-bond acceptors (Lipinski definition) is 3. The van der Waals surface area contributed by atoms with Crippen LogP contribution in [0.25, 0.3) is 0 Å². The van der Waals surface area contributed by atoms with Crippen molar-refractivity contribution in [1.29, 1.82) is 0 Å². The van der Waals surface area contributed by atoms with Gasteiger partial charge in [-0.1, -0.05) is 44.2 Å². The highest BCUT2D eigenvalue weighted by Gasteiger charge is 2.06. The minimum Gasteiger partial charge on any atom is -0.489 e. The molecule has 2 N–H and O–H groups in total. The molecule has 0 radical (unpaired) electrons. The maximum absolute atomic E-state index is 8.97. The van der Waals surface area contributed by atoms with Gasteiger partial charge in [0.1, 0.15) is 12.4 Å². The molecule has 1 aromatic rings. The minimum absolute atomic E-state index is 0.263. The number of rotatable bonds is 10. The number of aliphatic hydroxyl groups is 1. The van der Waals surface area contributed by atoms with Gasteiger partial charge < -0.3 is 15.2 Å². The van der Waals surface area contributed by atoms with Crippen LogP contribution >= 0.6 is 0 Å². The van der Waals surface area contributed by atoms with E-state index in [1.165, 1.54) is 0 Å². The second-order valence-corrected chi connectivity index (χ2v) is 4.62. The number of benzene rings is 1. The van der Waals surface area contributed by atoms with Gasteiger partial charge in [-0.25, -0.2) is 0 Å². The van der Waals surface area contributed by atoms with Crippen molar-refractivity contribution in [2.24, 2.45) is 5.92 Å². The Kier molecular flexibility index (Phi) is 7.94. The molecule has 3 nitrogen and oxygen atoms in total. The standard InChI is InChI=1S/C16H25NO2/c1-3-11-19-16-8-6-5-7-15(16)13-17-12-14(4-2)9-10-18/h3,5-8,14,17-18H,1,4,9-13H2,2H3. The van der Waals surface area contributed by atoms with Gasteiger partial charge in [-0.2, -0.15) is 0 Å². The molecule has 1 aromatic carbocycles. The first-order chi connectivity index (χ1) is 9.31. The summed E-state index contributed by atoms with van der Waals surface area (Å²) in [5.41, 5.74) is 1.16. The molecule has 1 atom stereocenters. The third-order valence-electron chi connectivity index (χ3n) is 3.19. The maximum Gasteiger partial charge on any atom is 0.124 e. The van der Waals surface area contributed by atoms with Crippen molar-refractivity contribution >= 4 is 0 Å². The highest BCUT2D eigenvalue weighted by molar-refractivity contribution is 5.33. The number of aliphatic hydroxyl groups excluding tert-OH is 1. The van der Waals surface area contributed by atoms with Gasteiger partial charge in [-0.05, 0) is 24.9 Å². The third kappa shape index (κ3) is 5.90. The summed E-state index contributed by atoms with van der Waals surface area (Å²) in [5.74, 6) is 1.44. The minimum atomic E-state index is 0.263. The van der Waals surface area contributed by atoms with Crippen molar-refractivity contribution in [2.45, 2.75) is 26.3 Å². The van der Waals surface area contributed by atoms with Gasteiger partial charge >= 0.3 is 0 Å². The number of ether oxygens (including phenoxy) is 1. The van der Waals surface area contributed by atoms with Crippen LogP contribution in [0.2, 0.25) is 0 Å². The van der Waals surface area contributed by atoms with Crippen molar-refractivity contribution in [3.05, 3.63) is 42.5 Å². The van der Waals surface area contributed by atoms with Crippen LogP contribution in [0.4, 0.5) is 0 Å². The monoisotopic (exact) mass is 263 g/mol. The second kappa shape index (κ2) is 9.59. The zero-order valence-corrected chi connectivity index (χ0v) is 11.8. The lowest BCUT2D eigenvalue weighted by Crippen LogP contribution is -2.23. The molecule has 0 heterocycles. The van der Waals surface area contributed by atoms with Crippen molar-refractivity contribution in [1.82, 2.24) is 5.32 Å². The van der Waals surface area contributed by atoms with Gasteiger partial charge in [0.05, 0.1) is 0 Å². The van der Waals surface area contributed by atoms with Gasteiger partial charge in [0.25, 0.3) is 0 Å². The lowest BCUT2D eigenvalue weighted by atomic mass is 10.0. The van der Waals surface area contributed by atoms with Gasteiger partial charge in [0.2, 0.25) is 0 Å². The second-order valence-electron chi connectivity index (χ2n) is 4.62. The molecule has 3 heteroatoms. The maximum atomic E-state index is 8.97. The van der Waals surface area contributed by atoms with Crippen LogP contribution in [0.3, 0.4) is 0 Å². The average molecular weight is 263 g/mol. The molecule has 0 saturated carbocycles. The summed E-state index contributed by atoms with van der Waals surface area (Å²) in [5, 5.41) is 12.4. The smallest absolute Gasteiger partial charge is 0.124 e. The molecule has 19 heavy (non-hydrogen) atoms. The summed E-state index contributed by atoms with van der Waals surface area (Å²) in [6.07, 6.45) is 3.69. The Hall–Kier alpha value is -1.32. The zero-order valence-electron chi connectivity index (χ0n) is 11.8. The summed E-state index contributed by atoms with van der Waals surface area (Å²) in [6, 6.07) is 8.04. The highest BCUT2D eigenvalue weighted by atomic mass is 16.5. The van der Waals surface area contributed by atoms with E-state index in [2.05, 4.69) is 24.9 Å². The van der Waals surface area contributed by atoms with E-state index in [-0.39, 0.29) is 6.61 Å². The van der Waals surface area contributed by atoms with Crippen molar-refractivity contribution in [3.8, 4) is 5.75 Å². The molecule has 0 bridgehead atoms. The largest absolute Gasteiger partial charge is 0.489 e. The fourth-order valence-electron chi connectivity index (χ4n) is 1.98. The molecule has 1 unspecified atom stereocenters. The van der Waals surface area contributed by atoms with E-state index >= 15 is 0 Å². The van der Waals surface area contributed by atoms with Gasteiger partial charge in [-0.15, -0.1) is 0 Å². The summed E-state index contributed by atoms with van der Waals surface area (Å²) >= 11 is 0. The van der Waals surface area contributed by atoms with Crippen LogP contribution in [0.15, 0.2) is 36.9 Å². The molecule has 1 rings (SSSR count). The predicted octanol–water partition coefficient (Wildman–Crippen LogP) is 2.75. The van der Waals surface area contributed by atoms with E-state index in [1.54, 1.807) is 6.08 Å². The lowest BCUT2D eigenvalue weighted by molar-refractivity contribution is 0.251. The third-order valence-corrected chi connectivity index (χ3v) is 3.19. The fraction of sp³-hybridized carbons (Fsp3) is 0.500. The summed E-state index contributed by atoms with van der Waals surface area (Å²) < 4.78 is 5.62. The SMILES string of the molecule is C=CCOc1ccccc1CNCC(CC)CCO. The van der Waals surface area contributed by atoms with Crippen LogP contribution in [-0.2, 0) is 6.54 Å². The highest BCUT2D eigenvalue weighted by Crippen LogP contribution is 2.18. The van der Waals surface area contributed by atoms with Crippen molar-refractivity contribution < 1.29 is 9.84 Å². The Labute approximate surface area is 116 Å². The predicted molar refractivity (Wildman–Crippen MR) is 79.3 cm³/mol. The van der Waals surface area contributed by atoms with Crippen LogP contribution < -0.4 is 10.1 Å². The molecular formula is C16H25NO2. The summed E-state index contributed by atoms with van der Waals surface area (Å²) in [4.78, 5) is 0. The van der Waals surface area contributed by atoms with E-state index in [0.29, 0.717) is 12.5 Å².